The zero-order valence-electron chi connectivity index (χ0n) is 14.9. The summed E-state index contributed by atoms with van der Waals surface area (Å²) in [6.07, 6.45) is 5.98. The number of hydrogen-bond acceptors (Lipinski definition) is 4. The Morgan fingerprint density at radius 1 is 1.23 bits per heavy atom. The Bertz CT molecular complexity index is 1060. The summed E-state index contributed by atoms with van der Waals surface area (Å²) in [5.41, 5.74) is 4.81. The fourth-order valence-corrected chi connectivity index (χ4v) is 4.14. The summed E-state index contributed by atoms with van der Waals surface area (Å²) in [4.78, 5) is 14.6. The van der Waals surface area contributed by atoms with Crippen molar-refractivity contribution in [2.24, 2.45) is 0 Å². The quantitative estimate of drug-likeness (QED) is 0.618. The number of aromatic nitrogens is 5. The van der Waals surface area contributed by atoms with Crippen LogP contribution >= 0.6 is 0 Å². The van der Waals surface area contributed by atoms with E-state index >= 15 is 0 Å². The minimum Gasteiger partial charge on any atom is -0.361 e. The molecular weight excluding hydrogens is 324 g/mol. The highest BCUT2D eigenvalue weighted by Crippen LogP contribution is 2.28. The van der Waals surface area contributed by atoms with Gasteiger partial charge >= 0.3 is 0 Å². The van der Waals surface area contributed by atoms with Crippen LogP contribution in [0.25, 0.3) is 16.7 Å². The van der Waals surface area contributed by atoms with E-state index in [-0.39, 0.29) is 0 Å². The Morgan fingerprint density at radius 3 is 3.15 bits per heavy atom. The van der Waals surface area contributed by atoms with Crippen LogP contribution in [0.15, 0.2) is 42.9 Å². The summed E-state index contributed by atoms with van der Waals surface area (Å²) >= 11 is 0. The van der Waals surface area contributed by atoms with Gasteiger partial charge in [-0.3, -0.25) is 4.90 Å². The van der Waals surface area contributed by atoms with Crippen LogP contribution in [-0.4, -0.2) is 42.6 Å². The largest absolute Gasteiger partial charge is 0.361 e. The molecule has 0 spiro atoms. The van der Waals surface area contributed by atoms with Crippen LogP contribution in [0.3, 0.4) is 0 Å². The molecule has 3 aromatic heterocycles. The van der Waals surface area contributed by atoms with Crippen LogP contribution in [0.4, 0.5) is 0 Å². The lowest BCUT2D eigenvalue weighted by Gasteiger charge is -2.33. The van der Waals surface area contributed by atoms with Gasteiger partial charge < -0.3 is 4.98 Å². The van der Waals surface area contributed by atoms with Crippen molar-refractivity contribution in [1.82, 2.24) is 29.5 Å². The van der Waals surface area contributed by atoms with Crippen molar-refractivity contribution < 1.29 is 0 Å². The minimum atomic E-state index is 0.462. The van der Waals surface area contributed by atoms with Gasteiger partial charge in [-0.25, -0.2) is 9.50 Å². The molecule has 4 heterocycles. The van der Waals surface area contributed by atoms with Gasteiger partial charge in [-0.05, 0) is 55.5 Å². The molecule has 6 heteroatoms. The Balaban J connectivity index is 1.39. The van der Waals surface area contributed by atoms with Gasteiger partial charge in [0.25, 0.3) is 5.78 Å². The van der Waals surface area contributed by atoms with Gasteiger partial charge in [-0.1, -0.05) is 12.1 Å². The lowest BCUT2D eigenvalue weighted by Crippen LogP contribution is -2.34. The molecule has 26 heavy (non-hydrogen) atoms. The van der Waals surface area contributed by atoms with Crippen molar-refractivity contribution in [2.75, 3.05) is 13.1 Å². The fourth-order valence-electron chi connectivity index (χ4n) is 4.14. The lowest BCUT2D eigenvalue weighted by molar-refractivity contribution is 0.197. The summed E-state index contributed by atoms with van der Waals surface area (Å²) < 4.78 is 1.91. The Morgan fingerprint density at radius 2 is 2.19 bits per heavy atom. The third-order valence-electron chi connectivity index (χ3n) is 5.36. The van der Waals surface area contributed by atoms with E-state index in [1.54, 1.807) is 6.33 Å². The second kappa shape index (κ2) is 6.21. The van der Waals surface area contributed by atoms with Gasteiger partial charge in [0, 0.05) is 36.4 Å². The van der Waals surface area contributed by atoms with Gasteiger partial charge in [0.2, 0.25) is 0 Å². The maximum absolute atomic E-state index is 4.47. The predicted molar refractivity (Wildman–Crippen MR) is 101 cm³/mol. The maximum Gasteiger partial charge on any atom is 0.252 e. The number of fused-ring (bicyclic) bond motifs is 2. The highest BCUT2D eigenvalue weighted by atomic mass is 15.3. The summed E-state index contributed by atoms with van der Waals surface area (Å²) in [5, 5.41) is 5.66. The van der Waals surface area contributed by atoms with Crippen molar-refractivity contribution in [1.29, 1.82) is 0 Å². The van der Waals surface area contributed by atoms with Crippen LogP contribution in [-0.2, 0) is 6.54 Å². The van der Waals surface area contributed by atoms with E-state index in [1.165, 1.54) is 35.0 Å². The van der Waals surface area contributed by atoms with E-state index in [0.29, 0.717) is 11.7 Å². The Kier molecular flexibility index (Phi) is 3.71. The van der Waals surface area contributed by atoms with E-state index in [1.807, 2.05) is 17.6 Å². The number of nitrogens with zero attached hydrogens (tertiary/aromatic N) is 5. The van der Waals surface area contributed by atoms with Gasteiger partial charge in [0.1, 0.15) is 6.33 Å². The van der Waals surface area contributed by atoms with E-state index < -0.39 is 0 Å². The monoisotopic (exact) mass is 346 g/mol. The number of aryl methyl sites for hydroxylation is 1. The van der Waals surface area contributed by atoms with Gasteiger partial charge in [0.15, 0.2) is 0 Å². The molecule has 1 aliphatic rings. The number of piperidine rings is 1. The molecule has 6 nitrogen and oxygen atoms in total. The first-order valence-corrected chi connectivity index (χ1v) is 9.22. The molecular formula is C20H22N6. The molecule has 1 aromatic carbocycles. The topological polar surface area (TPSA) is 62.1 Å². The van der Waals surface area contributed by atoms with E-state index in [0.717, 1.165) is 25.3 Å². The molecule has 1 saturated heterocycles. The second-order valence-electron chi connectivity index (χ2n) is 7.27. The van der Waals surface area contributed by atoms with Crippen LogP contribution in [0.5, 0.6) is 0 Å². The predicted octanol–water partition coefficient (Wildman–Crippen LogP) is 3.29. The third kappa shape index (κ3) is 2.76. The second-order valence-corrected chi connectivity index (χ2v) is 7.27. The lowest BCUT2D eigenvalue weighted by atomic mass is 9.93. The van der Waals surface area contributed by atoms with Gasteiger partial charge in [-0.2, -0.15) is 10.1 Å². The molecule has 0 saturated carbocycles. The standard InChI is InChI=1S/C20H22N6/c1-14-9-19(26-20(24-14)22-13-23-26)17-3-2-8-25(12-17)11-15-4-5-16-6-7-21-18(16)10-15/h4-7,9-10,13,17,21H,2-3,8,11-12H2,1H3. The number of H-pyrrole nitrogens is 1. The molecule has 5 rings (SSSR count). The van der Waals surface area contributed by atoms with Crippen LogP contribution < -0.4 is 0 Å². The van der Waals surface area contributed by atoms with Crippen LogP contribution in [0.1, 0.15) is 35.7 Å². The zero-order chi connectivity index (χ0) is 17.5. The molecule has 1 aliphatic heterocycles. The Hall–Kier alpha value is -2.73. The van der Waals surface area contributed by atoms with Crippen molar-refractivity contribution in [3.8, 4) is 0 Å². The highest BCUT2D eigenvalue weighted by molar-refractivity contribution is 5.79. The summed E-state index contributed by atoms with van der Waals surface area (Å²) in [6, 6.07) is 11.0. The van der Waals surface area contributed by atoms with E-state index in [9.17, 15) is 0 Å². The first-order valence-electron chi connectivity index (χ1n) is 9.22. The Labute approximate surface area is 151 Å². The molecule has 1 fully saturated rings. The number of likely N-dealkylation sites (tertiary alicyclic amines) is 1. The summed E-state index contributed by atoms with van der Waals surface area (Å²) in [7, 11) is 0. The molecule has 1 N–H and O–H groups in total. The maximum atomic E-state index is 4.47. The number of hydrogen-bond donors (Lipinski definition) is 1. The fraction of sp³-hybridized carbons (Fsp3) is 0.350. The SMILES string of the molecule is Cc1cc(C2CCCN(Cc3ccc4cc[nH]c4c3)C2)n2ncnc2n1. The minimum absolute atomic E-state index is 0.462. The van der Waals surface area contributed by atoms with Crippen LogP contribution in [0, 0.1) is 6.92 Å². The van der Waals surface area contributed by atoms with Gasteiger partial charge in [0.05, 0.1) is 5.69 Å². The average molecular weight is 346 g/mol. The summed E-state index contributed by atoms with van der Waals surface area (Å²) in [6.45, 7) is 5.20. The smallest absolute Gasteiger partial charge is 0.252 e. The van der Waals surface area contributed by atoms with Crippen molar-refractivity contribution >= 4 is 16.7 Å². The normalized spacial score (nSPS) is 18.7. The molecule has 0 aliphatic carbocycles. The zero-order valence-corrected chi connectivity index (χ0v) is 14.9. The molecule has 132 valence electrons. The molecule has 4 aromatic rings. The number of rotatable bonds is 3. The first-order chi connectivity index (χ1) is 12.8. The first kappa shape index (κ1) is 15.5. The number of nitrogens with one attached hydrogen (secondary N) is 1. The van der Waals surface area contributed by atoms with Crippen molar-refractivity contribution in [3.63, 3.8) is 0 Å². The average Bonchev–Trinajstić information content (AvgIpc) is 3.29. The van der Waals surface area contributed by atoms with Crippen molar-refractivity contribution in [2.45, 2.75) is 32.2 Å². The van der Waals surface area contributed by atoms with Crippen molar-refractivity contribution in [3.05, 3.63) is 59.8 Å². The summed E-state index contributed by atoms with van der Waals surface area (Å²) in [5.74, 6) is 1.16. The van der Waals surface area contributed by atoms with E-state index in [4.69, 9.17) is 0 Å². The molecule has 0 radical (unpaired) electrons. The molecule has 0 bridgehead atoms. The molecule has 0 amide bonds. The highest BCUT2D eigenvalue weighted by Gasteiger charge is 2.24. The number of benzene rings is 1. The molecule has 1 atom stereocenters. The number of aromatic amines is 1. The van der Waals surface area contributed by atoms with E-state index in [2.05, 4.69) is 55.3 Å². The van der Waals surface area contributed by atoms with Gasteiger partial charge in [-0.15, -0.1) is 0 Å². The molecule has 1 unspecified atom stereocenters. The third-order valence-corrected chi connectivity index (χ3v) is 5.36. The van der Waals surface area contributed by atoms with Crippen LogP contribution in [0.2, 0.25) is 0 Å².